The molecule has 11 heteroatoms. The molecule has 0 spiro atoms. The van der Waals surface area contributed by atoms with Gasteiger partial charge in [0.15, 0.2) is 5.72 Å². The van der Waals surface area contributed by atoms with Gasteiger partial charge in [0.25, 0.3) is 5.91 Å². The highest BCUT2D eigenvalue weighted by atomic mass is 35.5. The number of aromatic nitrogens is 3. The first-order chi connectivity index (χ1) is 19.7. The Morgan fingerprint density at radius 3 is 2.56 bits per heavy atom. The van der Waals surface area contributed by atoms with Crippen molar-refractivity contribution in [1.82, 2.24) is 19.4 Å². The smallest absolute Gasteiger partial charge is 0.257 e. The first-order valence-electron chi connectivity index (χ1n) is 12.6. The third-order valence-corrected chi connectivity index (χ3v) is 7.18. The maximum atomic E-state index is 16.3. The lowest BCUT2D eigenvalue weighted by molar-refractivity contribution is -0.136. The van der Waals surface area contributed by atoms with Crippen LogP contribution in [-0.4, -0.2) is 50.9 Å². The number of aryl methyl sites for hydroxylation is 1. The molecule has 2 aromatic carbocycles. The van der Waals surface area contributed by atoms with Gasteiger partial charge in [0.1, 0.15) is 17.6 Å². The summed E-state index contributed by atoms with van der Waals surface area (Å²) < 4.78 is 29.8. The number of benzene rings is 2. The van der Waals surface area contributed by atoms with E-state index in [-0.39, 0.29) is 35.5 Å². The molecule has 1 amide bonds. The monoisotopic (exact) mass is 573 g/mol. The van der Waals surface area contributed by atoms with Crippen LogP contribution >= 0.6 is 11.6 Å². The van der Waals surface area contributed by atoms with Crippen molar-refractivity contribution in [2.45, 2.75) is 25.3 Å². The molecule has 0 bridgehead atoms. The van der Waals surface area contributed by atoms with Crippen LogP contribution in [0.5, 0.6) is 0 Å². The standard InChI is InChI=1S/C30H25ClFN5O4/c1-18(40-3)16-41-30(21-5-7-22(31)8-6-21)27-24(29(39)37(30)14-23-9-4-19(12-33)13-34-23)10-20(11-25(27)32)28(38)26-15-36(2)17-35-26/h4-11,13,15,17-18H,14,16H2,1-3H3/t18-,30-/m1/s1. The van der Waals surface area contributed by atoms with E-state index < -0.39 is 29.3 Å². The van der Waals surface area contributed by atoms with Crippen LogP contribution in [0.2, 0.25) is 5.02 Å². The van der Waals surface area contributed by atoms with Crippen LogP contribution < -0.4 is 0 Å². The Bertz CT molecular complexity index is 1670. The molecule has 1 aliphatic rings. The number of methoxy groups -OCH3 is 1. The lowest BCUT2D eigenvalue weighted by atomic mass is 9.90. The number of halogens is 2. The van der Waals surface area contributed by atoms with Crippen molar-refractivity contribution in [3.8, 4) is 6.07 Å². The topological polar surface area (TPSA) is 110 Å². The van der Waals surface area contributed by atoms with Gasteiger partial charge in [-0.15, -0.1) is 0 Å². The van der Waals surface area contributed by atoms with E-state index in [0.717, 1.165) is 6.07 Å². The number of rotatable bonds is 9. The van der Waals surface area contributed by atoms with Gasteiger partial charge in [0.2, 0.25) is 5.78 Å². The van der Waals surface area contributed by atoms with Crippen molar-refractivity contribution in [3.05, 3.63) is 117 Å². The van der Waals surface area contributed by atoms with Crippen LogP contribution in [0.3, 0.4) is 0 Å². The number of hydrogen-bond donors (Lipinski definition) is 0. The maximum absolute atomic E-state index is 16.3. The number of ketones is 1. The number of nitrogens with zero attached hydrogens (tertiary/aromatic N) is 5. The van der Waals surface area contributed by atoms with Gasteiger partial charge in [0, 0.05) is 42.7 Å². The van der Waals surface area contributed by atoms with Crippen molar-refractivity contribution in [2.24, 2.45) is 7.05 Å². The van der Waals surface area contributed by atoms with Gasteiger partial charge >= 0.3 is 0 Å². The van der Waals surface area contributed by atoms with Crippen LogP contribution in [0.4, 0.5) is 4.39 Å². The molecule has 2 aromatic heterocycles. The number of amides is 1. The molecule has 0 radical (unpaired) electrons. The number of pyridine rings is 1. The molecule has 4 aromatic rings. The highest BCUT2D eigenvalue weighted by Crippen LogP contribution is 2.48. The molecule has 208 valence electrons. The summed E-state index contributed by atoms with van der Waals surface area (Å²) in [5.74, 6) is -1.90. The molecule has 1 aliphatic heterocycles. The third kappa shape index (κ3) is 5.11. The number of imidazole rings is 1. The van der Waals surface area contributed by atoms with E-state index >= 15 is 4.39 Å². The summed E-state index contributed by atoms with van der Waals surface area (Å²) >= 11 is 6.19. The van der Waals surface area contributed by atoms with Crippen molar-refractivity contribution >= 4 is 23.3 Å². The molecule has 2 atom stereocenters. The zero-order valence-corrected chi connectivity index (χ0v) is 23.2. The molecule has 5 rings (SSSR count). The van der Waals surface area contributed by atoms with Crippen molar-refractivity contribution in [1.29, 1.82) is 5.26 Å². The second kappa shape index (κ2) is 11.2. The molecule has 0 saturated carbocycles. The Hall–Kier alpha value is -4.43. The summed E-state index contributed by atoms with van der Waals surface area (Å²) in [5, 5.41) is 9.63. The minimum absolute atomic E-state index is 0.00278. The summed E-state index contributed by atoms with van der Waals surface area (Å²) in [6.45, 7) is 1.69. The predicted molar refractivity (Wildman–Crippen MR) is 147 cm³/mol. The third-order valence-electron chi connectivity index (χ3n) is 6.92. The first kappa shape index (κ1) is 28.1. The maximum Gasteiger partial charge on any atom is 0.257 e. The Balaban J connectivity index is 1.72. The number of carbonyl (C=O) groups excluding carboxylic acids is 2. The molecule has 3 heterocycles. The van der Waals surface area contributed by atoms with Crippen LogP contribution in [0.15, 0.2) is 67.3 Å². The highest BCUT2D eigenvalue weighted by Gasteiger charge is 2.54. The number of hydrogen-bond acceptors (Lipinski definition) is 7. The summed E-state index contributed by atoms with van der Waals surface area (Å²) in [6, 6.07) is 14.3. The van der Waals surface area contributed by atoms with Crippen LogP contribution in [-0.2, 0) is 28.8 Å². The molecule has 41 heavy (non-hydrogen) atoms. The molecule has 0 unspecified atom stereocenters. The quantitative estimate of drug-likeness (QED) is 0.269. The second-order valence-corrected chi connectivity index (χ2v) is 10.1. The van der Waals surface area contributed by atoms with Gasteiger partial charge in [-0.3, -0.25) is 19.5 Å². The second-order valence-electron chi connectivity index (χ2n) is 9.68. The molecular formula is C30H25ClFN5O4. The zero-order valence-electron chi connectivity index (χ0n) is 22.5. The molecule has 0 saturated heterocycles. The Morgan fingerprint density at radius 2 is 1.95 bits per heavy atom. The van der Waals surface area contributed by atoms with Gasteiger partial charge in [-0.05, 0) is 43.3 Å². The molecule has 9 nitrogen and oxygen atoms in total. The summed E-state index contributed by atoms with van der Waals surface area (Å²) in [5.41, 5.74) is -0.506. The SMILES string of the molecule is CO[C@H](C)CO[C@]1(c2ccc(Cl)cc2)c2c(F)cc(C(=O)c3cn(C)cn3)cc2C(=O)N1Cc1ccc(C#N)cn1. The predicted octanol–water partition coefficient (Wildman–Crippen LogP) is 4.62. The normalized spacial score (nSPS) is 16.9. The lowest BCUT2D eigenvalue weighted by Crippen LogP contribution is -2.48. The van der Waals surface area contributed by atoms with E-state index in [2.05, 4.69) is 9.97 Å². The number of fused-ring (bicyclic) bond motifs is 1. The fraction of sp³-hybridized carbons (Fsp3) is 0.233. The lowest BCUT2D eigenvalue weighted by Gasteiger charge is -2.40. The van der Waals surface area contributed by atoms with Crippen molar-refractivity contribution in [3.63, 3.8) is 0 Å². The van der Waals surface area contributed by atoms with Gasteiger partial charge in [-0.25, -0.2) is 9.37 Å². The highest BCUT2D eigenvalue weighted by molar-refractivity contribution is 6.30. The average Bonchev–Trinajstić information content (AvgIpc) is 3.52. The molecule has 0 aliphatic carbocycles. The van der Waals surface area contributed by atoms with Gasteiger partial charge in [0.05, 0.1) is 48.0 Å². The van der Waals surface area contributed by atoms with Crippen LogP contribution in [0.1, 0.15) is 55.7 Å². The fourth-order valence-corrected chi connectivity index (χ4v) is 4.92. The number of ether oxygens (including phenoxy) is 2. The Morgan fingerprint density at radius 1 is 1.20 bits per heavy atom. The van der Waals surface area contributed by atoms with E-state index in [0.29, 0.717) is 21.8 Å². The van der Waals surface area contributed by atoms with Crippen LogP contribution in [0, 0.1) is 17.1 Å². The van der Waals surface area contributed by atoms with E-state index in [1.165, 1.54) is 36.8 Å². The Kier molecular flexibility index (Phi) is 7.69. The van der Waals surface area contributed by atoms with Crippen LogP contribution in [0.25, 0.3) is 0 Å². The minimum atomic E-state index is -1.75. The summed E-state index contributed by atoms with van der Waals surface area (Å²) in [6.07, 6.45) is 3.97. The van der Waals surface area contributed by atoms with E-state index in [9.17, 15) is 14.9 Å². The van der Waals surface area contributed by atoms with Crippen molar-refractivity contribution < 1.29 is 23.5 Å². The molecule has 0 fully saturated rings. The first-order valence-corrected chi connectivity index (χ1v) is 13.0. The molecular weight excluding hydrogens is 549 g/mol. The number of nitriles is 1. The van der Waals surface area contributed by atoms with Crippen molar-refractivity contribution in [2.75, 3.05) is 13.7 Å². The minimum Gasteiger partial charge on any atom is -0.379 e. The average molecular weight is 574 g/mol. The largest absolute Gasteiger partial charge is 0.379 e. The zero-order chi connectivity index (χ0) is 29.3. The van der Waals surface area contributed by atoms with E-state index in [4.69, 9.17) is 21.1 Å². The molecule has 0 N–H and O–H groups in total. The number of carbonyl (C=O) groups is 2. The van der Waals surface area contributed by atoms with E-state index in [1.807, 2.05) is 6.07 Å². The van der Waals surface area contributed by atoms with Gasteiger partial charge < -0.3 is 14.0 Å². The Labute approximate surface area is 240 Å². The summed E-state index contributed by atoms with van der Waals surface area (Å²) in [7, 11) is 3.23. The summed E-state index contributed by atoms with van der Waals surface area (Å²) in [4.78, 5) is 37.2. The van der Waals surface area contributed by atoms with E-state index in [1.54, 1.807) is 54.9 Å². The van der Waals surface area contributed by atoms with Gasteiger partial charge in [-0.1, -0.05) is 23.7 Å². The fourth-order valence-electron chi connectivity index (χ4n) is 4.80. The van der Waals surface area contributed by atoms with Gasteiger partial charge in [-0.2, -0.15) is 5.26 Å².